The molecule has 1 aliphatic rings. The molecule has 0 aliphatic carbocycles. The molecule has 0 radical (unpaired) electrons. The highest BCUT2D eigenvalue weighted by Crippen LogP contribution is 2.35. The zero-order valence-corrected chi connectivity index (χ0v) is 13.0. The Morgan fingerprint density at radius 1 is 1.24 bits per heavy atom. The lowest BCUT2D eigenvalue weighted by atomic mass is 10.3. The normalized spacial score (nSPS) is 13.1. The van der Waals surface area contributed by atoms with Crippen molar-refractivity contribution in [3.63, 3.8) is 0 Å². The Hall–Kier alpha value is -1.84. The number of thiocarbonyl (C=S) groups is 1. The van der Waals surface area contributed by atoms with E-state index in [4.69, 9.17) is 27.4 Å². The number of thiophene rings is 1. The summed E-state index contributed by atoms with van der Waals surface area (Å²) in [6.45, 7) is 0.133. The molecule has 0 saturated carbocycles. The maximum absolute atomic E-state index is 12.3. The zero-order valence-electron chi connectivity index (χ0n) is 10.5. The minimum Gasteiger partial charge on any atom is -0.454 e. The number of fused-ring (bicyclic) bond motifs is 1. The van der Waals surface area contributed by atoms with Crippen molar-refractivity contribution in [1.29, 1.82) is 0 Å². The summed E-state index contributed by atoms with van der Waals surface area (Å²) in [6.07, 6.45) is 0. The minimum absolute atomic E-state index is 0.133. The van der Waals surface area contributed by atoms with Crippen LogP contribution in [0.5, 0.6) is 11.5 Å². The van der Waals surface area contributed by atoms with E-state index in [0.29, 0.717) is 22.1 Å². The molecule has 1 aromatic heterocycles. The van der Waals surface area contributed by atoms with Crippen LogP contribution in [0.15, 0.2) is 34.5 Å². The molecule has 0 spiro atoms. The molecule has 9 heteroatoms. The molecule has 6 nitrogen and oxygen atoms in total. The van der Waals surface area contributed by atoms with E-state index >= 15 is 0 Å². The predicted octanol–water partition coefficient (Wildman–Crippen LogP) is 1.91. The fraction of sp³-hybridized carbons (Fsp3) is 0.0833. The lowest BCUT2D eigenvalue weighted by molar-refractivity contribution is 0.174. The van der Waals surface area contributed by atoms with Crippen LogP contribution in [0.3, 0.4) is 0 Å². The molecule has 0 amide bonds. The van der Waals surface area contributed by atoms with Gasteiger partial charge in [-0.2, -0.15) is 0 Å². The van der Waals surface area contributed by atoms with Crippen LogP contribution in [-0.4, -0.2) is 20.2 Å². The van der Waals surface area contributed by atoms with E-state index in [-0.39, 0.29) is 16.0 Å². The summed E-state index contributed by atoms with van der Waals surface area (Å²) < 4.78 is 37.6. The fourth-order valence-electron chi connectivity index (χ4n) is 1.76. The molecule has 0 fully saturated rings. The van der Waals surface area contributed by atoms with E-state index in [1.165, 1.54) is 6.07 Å². The van der Waals surface area contributed by atoms with Gasteiger partial charge in [0, 0.05) is 6.07 Å². The quantitative estimate of drug-likeness (QED) is 0.825. The van der Waals surface area contributed by atoms with Gasteiger partial charge in [-0.3, -0.25) is 4.72 Å². The first kappa shape index (κ1) is 14.1. The third-order valence-electron chi connectivity index (χ3n) is 2.71. The lowest BCUT2D eigenvalue weighted by Crippen LogP contribution is -2.11. The van der Waals surface area contributed by atoms with Crippen LogP contribution in [0.25, 0.3) is 0 Å². The van der Waals surface area contributed by atoms with Crippen LogP contribution in [0.2, 0.25) is 0 Å². The maximum Gasteiger partial charge on any atom is 0.271 e. The summed E-state index contributed by atoms with van der Waals surface area (Å²) in [5.74, 6) is 1.09. The van der Waals surface area contributed by atoms with E-state index in [1.807, 2.05) is 0 Å². The van der Waals surface area contributed by atoms with Crippen molar-refractivity contribution in [3.05, 3.63) is 35.2 Å². The molecule has 1 aromatic carbocycles. The van der Waals surface area contributed by atoms with E-state index < -0.39 is 10.0 Å². The highest BCUT2D eigenvalue weighted by atomic mass is 32.2. The van der Waals surface area contributed by atoms with Crippen molar-refractivity contribution in [2.24, 2.45) is 5.73 Å². The lowest BCUT2D eigenvalue weighted by Gasteiger charge is -2.06. The Bertz CT molecular complexity index is 814. The molecule has 110 valence electrons. The number of nitrogens with two attached hydrogens (primary N) is 1. The van der Waals surface area contributed by atoms with Crippen molar-refractivity contribution in [2.75, 3.05) is 11.5 Å². The molecular formula is C12H10N2O4S3. The molecule has 1 aliphatic heterocycles. The van der Waals surface area contributed by atoms with Crippen molar-refractivity contribution in [3.8, 4) is 11.5 Å². The highest BCUT2D eigenvalue weighted by molar-refractivity contribution is 7.94. The van der Waals surface area contributed by atoms with Crippen LogP contribution >= 0.6 is 23.6 Å². The molecule has 2 heterocycles. The minimum atomic E-state index is -3.69. The molecule has 21 heavy (non-hydrogen) atoms. The van der Waals surface area contributed by atoms with Gasteiger partial charge in [0.05, 0.1) is 10.6 Å². The highest BCUT2D eigenvalue weighted by Gasteiger charge is 2.20. The van der Waals surface area contributed by atoms with Crippen molar-refractivity contribution >= 4 is 44.3 Å². The summed E-state index contributed by atoms with van der Waals surface area (Å²) in [4.78, 5) is 0.723. The topological polar surface area (TPSA) is 90.7 Å². The molecule has 0 bridgehead atoms. The Morgan fingerprint density at radius 2 is 2.00 bits per heavy atom. The van der Waals surface area contributed by atoms with Crippen molar-refractivity contribution in [1.82, 2.24) is 0 Å². The SMILES string of the molecule is NC(=S)c1ccc(S(=O)(=O)Nc2ccc3c(c2)OCO3)s1. The third-order valence-corrected chi connectivity index (χ3v) is 6.05. The van der Waals surface area contributed by atoms with E-state index in [9.17, 15) is 8.42 Å². The molecule has 0 atom stereocenters. The number of benzene rings is 1. The Kier molecular flexibility index (Phi) is 3.47. The molecule has 0 saturated heterocycles. The van der Waals surface area contributed by atoms with Crippen LogP contribution in [0, 0.1) is 0 Å². The van der Waals surface area contributed by atoms with Gasteiger partial charge in [-0.05, 0) is 24.3 Å². The first-order valence-corrected chi connectivity index (χ1v) is 8.48. The first-order valence-electron chi connectivity index (χ1n) is 5.78. The van der Waals surface area contributed by atoms with Gasteiger partial charge in [0.1, 0.15) is 9.20 Å². The number of ether oxygens (including phenoxy) is 2. The zero-order chi connectivity index (χ0) is 15.0. The average molecular weight is 342 g/mol. The molecule has 2 aromatic rings. The van der Waals surface area contributed by atoms with Crippen LogP contribution in [-0.2, 0) is 10.0 Å². The molecule has 0 unspecified atom stereocenters. The number of rotatable bonds is 4. The second-order valence-electron chi connectivity index (χ2n) is 4.16. The average Bonchev–Trinajstić information content (AvgIpc) is 3.07. The predicted molar refractivity (Wildman–Crippen MR) is 83.6 cm³/mol. The third kappa shape index (κ3) is 2.80. The van der Waals surface area contributed by atoms with Gasteiger partial charge in [-0.1, -0.05) is 12.2 Å². The van der Waals surface area contributed by atoms with Crippen LogP contribution < -0.4 is 19.9 Å². The molecular weight excluding hydrogens is 332 g/mol. The maximum atomic E-state index is 12.3. The van der Waals surface area contributed by atoms with Crippen LogP contribution in [0.1, 0.15) is 4.88 Å². The Morgan fingerprint density at radius 3 is 2.71 bits per heavy atom. The van der Waals surface area contributed by atoms with Gasteiger partial charge in [-0.15, -0.1) is 11.3 Å². The first-order chi connectivity index (χ1) is 9.95. The summed E-state index contributed by atoms with van der Waals surface area (Å²) in [5, 5.41) is 0. The Labute approximate surface area is 130 Å². The van der Waals surface area contributed by atoms with Gasteiger partial charge in [0.15, 0.2) is 11.5 Å². The van der Waals surface area contributed by atoms with E-state index in [2.05, 4.69) is 4.72 Å². The van der Waals surface area contributed by atoms with E-state index in [1.54, 1.807) is 24.3 Å². The fourth-order valence-corrected chi connectivity index (χ4v) is 4.16. The number of sulfonamides is 1. The standard InChI is InChI=1S/C12H10N2O4S3/c13-12(19)10-3-4-11(20-10)21(15,16)14-7-1-2-8-9(5-7)18-6-17-8/h1-5,14H,6H2,(H2,13,19). The van der Waals surface area contributed by atoms with Gasteiger partial charge in [-0.25, -0.2) is 8.42 Å². The van der Waals surface area contributed by atoms with E-state index in [0.717, 1.165) is 11.3 Å². The largest absolute Gasteiger partial charge is 0.454 e. The second kappa shape index (κ2) is 5.17. The Balaban J connectivity index is 1.87. The van der Waals surface area contributed by atoms with Gasteiger partial charge >= 0.3 is 0 Å². The van der Waals surface area contributed by atoms with Crippen LogP contribution in [0.4, 0.5) is 5.69 Å². The summed E-state index contributed by atoms with van der Waals surface area (Å²) >= 11 is 5.84. The number of hydrogen-bond acceptors (Lipinski definition) is 6. The van der Waals surface area contributed by atoms with Gasteiger partial charge < -0.3 is 15.2 Å². The molecule has 3 rings (SSSR count). The summed E-state index contributed by atoms with van der Waals surface area (Å²) in [7, 11) is -3.69. The van der Waals surface area contributed by atoms with Gasteiger partial charge in [0.2, 0.25) is 6.79 Å². The molecule has 3 N–H and O–H groups in total. The number of nitrogens with one attached hydrogen (secondary N) is 1. The van der Waals surface area contributed by atoms with Crippen molar-refractivity contribution in [2.45, 2.75) is 4.21 Å². The monoisotopic (exact) mass is 342 g/mol. The summed E-state index contributed by atoms with van der Waals surface area (Å²) in [6, 6.07) is 7.87. The number of hydrogen-bond donors (Lipinski definition) is 2. The number of anilines is 1. The van der Waals surface area contributed by atoms with Crippen molar-refractivity contribution < 1.29 is 17.9 Å². The van der Waals surface area contributed by atoms with Gasteiger partial charge in [0.25, 0.3) is 10.0 Å². The smallest absolute Gasteiger partial charge is 0.271 e. The summed E-state index contributed by atoms with van der Waals surface area (Å²) in [5.41, 5.74) is 5.87. The second-order valence-corrected chi connectivity index (χ2v) is 7.59.